The maximum atomic E-state index is 13.8. The van der Waals surface area contributed by atoms with Gasteiger partial charge in [-0.2, -0.15) is 0 Å². The molecule has 2 aromatic rings. The zero-order valence-electron chi connectivity index (χ0n) is 13.9. The molecule has 1 aliphatic rings. The van der Waals surface area contributed by atoms with Gasteiger partial charge in [-0.05, 0) is 24.0 Å². The molecule has 0 bridgehead atoms. The first kappa shape index (κ1) is 16.4. The van der Waals surface area contributed by atoms with Crippen molar-refractivity contribution in [2.45, 2.75) is 18.9 Å². The van der Waals surface area contributed by atoms with Gasteiger partial charge in [-0.3, -0.25) is 4.79 Å². The minimum Gasteiger partial charge on any atom is -0.350 e. The minimum absolute atomic E-state index is 0.142. The normalized spacial score (nSPS) is 19.2. The highest BCUT2D eigenvalue weighted by Gasteiger charge is 2.45. The fourth-order valence-electron chi connectivity index (χ4n) is 2.96. The van der Waals surface area contributed by atoms with Crippen molar-refractivity contribution in [2.75, 3.05) is 19.0 Å². The molecule has 0 unspecified atom stereocenters. The van der Waals surface area contributed by atoms with Crippen LogP contribution in [0.25, 0.3) is 0 Å². The van der Waals surface area contributed by atoms with Crippen molar-refractivity contribution >= 4 is 11.9 Å². The highest BCUT2D eigenvalue weighted by atomic mass is 19.2. The van der Waals surface area contributed by atoms with E-state index in [4.69, 9.17) is 0 Å². The molecule has 128 valence electrons. The summed E-state index contributed by atoms with van der Waals surface area (Å²) in [5, 5.41) is 2.85. The summed E-state index contributed by atoms with van der Waals surface area (Å²) in [6.07, 6.45) is 2.26. The van der Waals surface area contributed by atoms with Gasteiger partial charge in [0.25, 0.3) is 0 Å². The molecule has 1 amide bonds. The molecule has 0 spiro atoms. The Labute approximate surface area is 139 Å². The first-order valence-corrected chi connectivity index (χ1v) is 7.79. The molecule has 1 saturated carbocycles. The van der Waals surface area contributed by atoms with E-state index >= 15 is 0 Å². The van der Waals surface area contributed by atoms with Crippen LogP contribution in [0.1, 0.15) is 23.6 Å². The molecular formula is C17H20F2N4O. The maximum absolute atomic E-state index is 13.8. The third kappa shape index (κ3) is 2.98. The van der Waals surface area contributed by atoms with Crippen molar-refractivity contribution in [3.05, 3.63) is 47.3 Å². The Morgan fingerprint density at radius 2 is 2.17 bits per heavy atom. The van der Waals surface area contributed by atoms with Crippen LogP contribution in [0.15, 0.2) is 24.4 Å². The van der Waals surface area contributed by atoms with E-state index in [9.17, 15) is 13.6 Å². The largest absolute Gasteiger partial charge is 0.350 e. The monoisotopic (exact) mass is 334 g/mol. The van der Waals surface area contributed by atoms with E-state index in [2.05, 4.69) is 10.3 Å². The number of hydrogen-bond donors (Lipinski definition) is 1. The lowest BCUT2D eigenvalue weighted by atomic mass is 10.1. The minimum atomic E-state index is -0.871. The Hall–Kier alpha value is -2.44. The summed E-state index contributed by atoms with van der Waals surface area (Å²) < 4.78 is 29.0. The van der Waals surface area contributed by atoms with Gasteiger partial charge in [0.2, 0.25) is 11.9 Å². The second-order valence-corrected chi connectivity index (χ2v) is 6.31. The summed E-state index contributed by atoms with van der Waals surface area (Å²) >= 11 is 0. The fraction of sp³-hybridized carbons (Fsp3) is 0.412. The second kappa shape index (κ2) is 6.22. The summed E-state index contributed by atoms with van der Waals surface area (Å²) in [7, 11) is 5.67. The van der Waals surface area contributed by atoms with E-state index in [-0.39, 0.29) is 23.3 Å². The number of anilines is 1. The zero-order valence-corrected chi connectivity index (χ0v) is 13.9. The SMILES string of the molecule is CN(C)c1ncc(CNC(=O)[C@H]2C[C@H]2c2cccc(F)c2F)n1C. The van der Waals surface area contributed by atoms with Gasteiger partial charge in [-0.25, -0.2) is 13.8 Å². The molecule has 7 heteroatoms. The lowest BCUT2D eigenvalue weighted by molar-refractivity contribution is -0.122. The number of benzene rings is 1. The van der Waals surface area contributed by atoms with Gasteiger partial charge in [0.15, 0.2) is 11.6 Å². The molecule has 1 fully saturated rings. The lowest BCUT2D eigenvalue weighted by Gasteiger charge is -2.13. The van der Waals surface area contributed by atoms with Crippen molar-refractivity contribution in [1.82, 2.24) is 14.9 Å². The standard InChI is InChI=1S/C17H20F2N4O/c1-22(2)17-21-9-10(23(17)3)8-20-16(24)13-7-12(13)11-5-4-6-14(18)15(11)19/h4-6,9,12-13H,7-8H2,1-3H3,(H,20,24)/t12-,13-/m0/s1. The number of nitrogens with zero attached hydrogens (tertiary/aromatic N) is 3. The molecule has 1 aromatic heterocycles. The second-order valence-electron chi connectivity index (χ2n) is 6.31. The number of amides is 1. The Balaban J connectivity index is 1.60. The highest BCUT2D eigenvalue weighted by molar-refractivity contribution is 5.82. The van der Waals surface area contributed by atoms with E-state index in [0.29, 0.717) is 13.0 Å². The zero-order chi connectivity index (χ0) is 17.4. The molecule has 0 radical (unpaired) electrons. The van der Waals surface area contributed by atoms with Gasteiger partial charge >= 0.3 is 0 Å². The molecular weight excluding hydrogens is 314 g/mol. The van der Waals surface area contributed by atoms with Gasteiger partial charge in [0, 0.05) is 27.1 Å². The summed E-state index contributed by atoms with van der Waals surface area (Å²) in [4.78, 5) is 18.4. The molecule has 24 heavy (non-hydrogen) atoms. The van der Waals surface area contributed by atoms with Gasteiger partial charge < -0.3 is 14.8 Å². The lowest BCUT2D eigenvalue weighted by Crippen LogP contribution is -2.26. The highest BCUT2D eigenvalue weighted by Crippen LogP contribution is 2.48. The molecule has 0 saturated heterocycles. The number of nitrogens with one attached hydrogen (secondary N) is 1. The van der Waals surface area contributed by atoms with Crippen LogP contribution < -0.4 is 10.2 Å². The first-order chi connectivity index (χ1) is 11.4. The van der Waals surface area contributed by atoms with Gasteiger partial charge in [0.1, 0.15) is 0 Å². The van der Waals surface area contributed by atoms with Crippen LogP contribution >= 0.6 is 0 Å². The van der Waals surface area contributed by atoms with Crippen molar-refractivity contribution in [3.63, 3.8) is 0 Å². The Morgan fingerprint density at radius 3 is 2.83 bits per heavy atom. The number of rotatable bonds is 5. The fourth-order valence-corrected chi connectivity index (χ4v) is 2.96. The summed E-state index contributed by atoms with van der Waals surface area (Å²) in [6, 6.07) is 4.10. The quantitative estimate of drug-likeness (QED) is 0.912. The third-order valence-electron chi connectivity index (χ3n) is 4.41. The van der Waals surface area contributed by atoms with Gasteiger partial charge in [-0.15, -0.1) is 0 Å². The average molecular weight is 334 g/mol. The number of carbonyl (C=O) groups excluding carboxylic acids is 1. The molecule has 1 aromatic carbocycles. The van der Waals surface area contributed by atoms with Crippen molar-refractivity contribution in [2.24, 2.45) is 13.0 Å². The average Bonchev–Trinajstić information content (AvgIpc) is 3.24. The smallest absolute Gasteiger partial charge is 0.224 e. The van der Waals surface area contributed by atoms with Crippen LogP contribution in [-0.2, 0) is 18.4 Å². The summed E-state index contributed by atoms with van der Waals surface area (Å²) in [5.41, 5.74) is 1.16. The topological polar surface area (TPSA) is 50.2 Å². The first-order valence-electron chi connectivity index (χ1n) is 7.79. The third-order valence-corrected chi connectivity index (χ3v) is 4.41. The van der Waals surface area contributed by atoms with E-state index in [1.807, 2.05) is 30.6 Å². The number of aromatic nitrogens is 2. The van der Waals surface area contributed by atoms with E-state index in [1.54, 1.807) is 12.3 Å². The number of halogens is 2. The summed E-state index contributed by atoms with van der Waals surface area (Å²) in [5.74, 6) is -1.61. The molecule has 1 heterocycles. The van der Waals surface area contributed by atoms with Crippen LogP contribution in [0.5, 0.6) is 0 Å². The van der Waals surface area contributed by atoms with Gasteiger partial charge in [0.05, 0.1) is 18.4 Å². The summed E-state index contributed by atoms with van der Waals surface area (Å²) in [6.45, 7) is 0.352. The van der Waals surface area contributed by atoms with Crippen LogP contribution in [-0.4, -0.2) is 29.6 Å². The number of hydrogen-bond acceptors (Lipinski definition) is 3. The predicted octanol–water partition coefficient (Wildman–Crippen LogP) is 2.18. The van der Waals surface area contributed by atoms with Crippen molar-refractivity contribution < 1.29 is 13.6 Å². The molecule has 0 aliphatic heterocycles. The molecule has 3 rings (SSSR count). The Bertz CT molecular complexity index is 772. The van der Waals surface area contributed by atoms with Crippen LogP contribution in [0, 0.1) is 17.6 Å². The Morgan fingerprint density at radius 1 is 1.42 bits per heavy atom. The van der Waals surface area contributed by atoms with E-state index in [0.717, 1.165) is 17.7 Å². The van der Waals surface area contributed by atoms with Crippen LogP contribution in [0.4, 0.5) is 14.7 Å². The molecule has 5 nitrogen and oxygen atoms in total. The number of carbonyl (C=O) groups is 1. The van der Waals surface area contributed by atoms with E-state index < -0.39 is 11.6 Å². The Kier molecular flexibility index (Phi) is 4.26. The van der Waals surface area contributed by atoms with Gasteiger partial charge in [-0.1, -0.05) is 12.1 Å². The molecule has 2 atom stereocenters. The van der Waals surface area contributed by atoms with Crippen LogP contribution in [0.3, 0.4) is 0 Å². The van der Waals surface area contributed by atoms with Crippen LogP contribution in [0.2, 0.25) is 0 Å². The van der Waals surface area contributed by atoms with Crippen molar-refractivity contribution in [3.8, 4) is 0 Å². The molecule has 1 aliphatic carbocycles. The maximum Gasteiger partial charge on any atom is 0.224 e. The number of imidazole rings is 1. The molecule has 1 N–H and O–H groups in total. The predicted molar refractivity (Wildman–Crippen MR) is 86.6 cm³/mol. The van der Waals surface area contributed by atoms with E-state index in [1.165, 1.54) is 6.07 Å². The van der Waals surface area contributed by atoms with Crippen molar-refractivity contribution in [1.29, 1.82) is 0 Å².